The molecule has 0 aromatic heterocycles. The van der Waals surface area contributed by atoms with Crippen molar-refractivity contribution in [1.82, 2.24) is 4.90 Å². The molecule has 0 spiro atoms. The van der Waals surface area contributed by atoms with Crippen LogP contribution in [0.25, 0.3) is 0 Å². The van der Waals surface area contributed by atoms with E-state index in [1.165, 1.54) is 18.7 Å². The first kappa shape index (κ1) is 14.4. The molecule has 0 radical (unpaired) electrons. The van der Waals surface area contributed by atoms with Gasteiger partial charge in [0.2, 0.25) is 5.91 Å². The van der Waals surface area contributed by atoms with Crippen molar-refractivity contribution in [3.8, 4) is 6.07 Å². The summed E-state index contributed by atoms with van der Waals surface area (Å²) in [4.78, 5) is 24.2. The summed E-state index contributed by atoms with van der Waals surface area (Å²) in [6.07, 6.45) is 0.134. The predicted octanol–water partition coefficient (Wildman–Crippen LogP) is 1.25. The molecular weight excluding hydrogens is 208 g/mol. The Hall–Kier alpha value is -1.57. The zero-order valence-electron chi connectivity index (χ0n) is 10.1. The smallest absolute Gasteiger partial charge is 0.329 e. The van der Waals surface area contributed by atoms with Gasteiger partial charge in [-0.15, -0.1) is 0 Å². The van der Waals surface area contributed by atoms with E-state index in [1.54, 1.807) is 13.8 Å². The fraction of sp³-hybridized carbons (Fsp3) is 0.727. The van der Waals surface area contributed by atoms with E-state index in [0.29, 0.717) is 0 Å². The molecule has 1 N–H and O–H groups in total. The van der Waals surface area contributed by atoms with E-state index in [0.717, 1.165) is 0 Å². The van der Waals surface area contributed by atoms with Gasteiger partial charge < -0.3 is 10.0 Å². The number of nitriles is 1. The highest BCUT2D eigenvalue weighted by Crippen LogP contribution is 2.18. The van der Waals surface area contributed by atoms with Crippen LogP contribution in [0.2, 0.25) is 0 Å². The number of aliphatic carboxylic acids is 1. The maximum absolute atomic E-state index is 11.9. The number of rotatable bonds is 5. The molecule has 0 aliphatic rings. The van der Waals surface area contributed by atoms with E-state index in [2.05, 4.69) is 0 Å². The van der Waals surface area contributed by atoms with Gasteiger partial charge in [0, 0.05) is 12.5 Å². The van der Waals surface area contributed by atoms with Crippen LogP contribution in [-0.4, -0.2) is 34.0 Å². The molecule has 0 aliphatic carbocycles. The Morgan fingerprint density at radius 3 is 2.25 bits per heavy atom. The molecule has 0 rings (SSSR count). The molecule has 0 aromatic carbocycles. The second-order valence-corrected chi connectivity index (χ2v) is 4.42. The summed E-state index contributed by atoms with van der Waals surface area (Å²) in [6, 6.07) is 1.92. The van der Waals surface area contributed by atoms with Crippen molar-refractivity contribution in [1.29, 1.82) is 5.26 Å². The fourth-order valence-corrected chi connectivity index (χ4v) is 1.25. The third kappa shape index (κ3) is 3.23. The summed E-state index contributed by atoms with van der Waals surface area (Å²) in [5.74, 6) is -1.60. The summed E-state index contributed by atoms with van der Waals surface area (Å²) in [7, 11) is 0. The first-order valence-electron chi connectivity index (χ1n) is 5.17. The molecule has 16 heavy (non-hydrogen) atoms. The van der Waals surface area contributed by atoms with E-state index >= 15 is 0 Å². The first-order chi connectivity index (χ1) is 7.25. The van der Waals surface area contributed by atoms with Crippen LogP contribution < -0.4 is 0 Å². The summed E-state index contributed by atoms with van der Waals surface area (Å²) >= 11 is 0. The van der Waals surface area contributed by atoms with Gasteiger partial charge >= 0.3 is 5.97 Å². The highest BCUT2D eigenvalue weighted by Gasteiger charge is 2.38. The van der Waals surface area contributed by atoms with Gasteiger partial charge in [-0.1, -0.05) is 13.8 Å². The number of carboxylic acid groups (broad SMARTS) is 1. The highest BCUT2D eigenvalue weighted by atomic mass is 16.4. The molecule has 0 aromatic rings. The van der Waals surface area contributed by atoms with Crippen molar-refractivity contribution in [3.05, 3.63) is 0 Å². The summed E-state index contributed by atoms with van der Waals surface area (Å²) in [6.45, 7) is 6.49. The number of nitrogens with zero attached hydrogens (tertiary/aromatic N) is 2. The van der Waals surface area contributed by atoms with Crippen molar-refractivity contribution >= 4 is 11.9 Å². The van der Waals surface area contributed by atoms with Gasteiger partial charge in [0.15, 0.2) is 0 Å². The Labute approximate surface area is 95.7 Å². The minimum atomic E-state index is -1.28. The van der Waals surface area contributed by atoms with Crippen LogP contribution in [0.1, 0.15) is 34.1 Å². The van der Waals surface area contributed by atoms with Crippen molar-refractivity contribution in [2.75, 3.05) is 6.54 Å². The number of amides is 1. The van der Waals surface area contributed by atoms with E-state index in [1.807, 2.05) is 6.07 Å². The van der Waals surface area contributed by atoms with E-state index < -0.39 is 11.5 Å². The first-order valence-corrected chi connectivity index (χ1v) is 5.17. The Kier molecular flexibility index (Phi) is 4.96. The van der Waals surface area contributed by atoms with Gasteiger partial charge in [-0.3, -0.25) is 4.79 Å². The largest absolute Gasteiger partial charge is 0.480 e. The van der Waals surface area contributed by atoms with Crippen LogP contribution in [0.4, 0.5) is 0 Å². The van der Waals surface area contributed by atoms with Crippen LogP contribution >= 0.6 is 0 Å². The molecule has 0 fully saturated rings. The standard InChI is InChI=1S/C11H18N2O3/c1-8(2)9(14)13(7-5-6-12)11(3,4)10(15)16/h8H,5,7H2,1-4H3,(H,15,16). The molecule has 1 amide bonds. The lowest BCUT2D eigenvalue weighted by Gasteiger charge is -2.35. The molecule has 0 unspecified atom stereocenters. The van der Waals surface area contributed by atoms with Crippen molar-refractivity contribution in [3.63, 3.8) is 0 Å². The maximum atomic E-state index is 11.9. The normalized spacial score (nSPS) is 11.0. The molecule has 0 saturated heterocycles. The van der Waals surface area contributed by atoms with Crippen molar-refractivity contribution in [2.24, 2.45) is 5.92 Å². The average molecular weight is 226 g/mol. The van der Waals surface area contributed by atoms with Gasteiger partial charge in [-0.05, 0) is 13.8 Å². The Morgan fingerprint density at radius 1 is 1.44 bits per heavy atom. The minimum absolute atomic E-state index is 0.134. The number of carbonyl (C=O) groups excluding carboxylic acids is 1. The van der Waals surface area contributed by atoms with E-state index in [-0.39, 0.29) is 24.8 Å². The Morgan fingerprint density at radius 2 is 1.94 bits per heavy atom. The lowest BCUT2D eigenvalue weighted by atomic mass is 10.00. The molecule has 0 saturated carbocycles. The van der Waals surface area contributed by atoms with Crippen LogP contribution in [0.15, 0.2) is 0 Å². The quantitative estimate of drug-likeness (QED) is 0.764. The van der Waals surface area contributed by atoms with Gasteiger partial charge in [-0.25, -0.2) is 4.79 Å². The van der Waals surface area contributed by atoms with Crippen LogP contribution in [-0.2, 0) is 9.59 Å². The molecule has 5 heteroatoms. The number of hydrogen-bond donors (Lipinski definition) is 1. The second-order valence-electron chi connectivity index (χ2n) is 4.42. The second kappa shape index (κ2) is 5.50. The van der Waals surface area contributed by atoms with Crippen LogP contribution in [0.3, 0.4) is 0 Å². The monoisotopic (exact) mass is 226 g/mol. The van der Waals surface area contributed by atoms with Crippen molar-refractivity contribution < 1.29 is 14.7 Å². The molecule has 0 atom stereocenters. The zero-order chi connectivity index (χ0) is 12.9. The highest BCUT2D eigenvalue weighted by molar-refractivity contribution is 5.87. The van der Waals surface area contributed by atoms with E-state index in [9.17, 15) is 9.59 Å². The van der Waals surface area contributed by atoms with E-state index in [4.69, 9.17) is 10.4 Å². The van der Waals surface area contributed by atoms with Gasteiger partial charge in [0.05, 0.1) is 12.5 Å². The number of carboxylic acids is 1. The van der Waals surface area contributed by atoms with Gasteiger partial charge in [0.25, 0.3) is 0 Å². The molecule has 0 heterocycles. The average Bonchev–Trinajstić information content (AvgIpc) is 2.17. The zero-order valence-corrected chi connectivity index (χ0v) is 10.1. The summed E-state index contributed by atoms with van der Waals surface area (Å²) < 4.78 is 0. The van der Waals surface area contributed by atoms with Crippen molar-refractivity contribution in [2.45, 2.75) is 39.7 Å². The summed E-state index contributed by atoms with van der Waals surface area (Å²) in [5, 5.41) is 17.6. The predicted molar refractivity (Wildman–Crippen MR) is 58.5 cm³/mol. The molecule has 0 bridgehead atoms. The molecule has 90 valence electrons. The van der Waals surface area contributed by atoms with Crippen LogP contribution in [0, 0.1) is 17.2 Å². The lowest BCUT2D eigenvalue weighted by Crippen LogP contribution is -2.54. The minimum Gasteiger partial charge on any atom is -0.480 e. The Balaban J connectivity index is 5.02. The van der Waals surface area contributed by atoms with Gasteiger partial charge in [-0.2, -0.15) is 5.26 Å². The Bertz CT molecular complexity index is 316. The maximum Gasteiger partial charge on any atom is 0.329 e. The SMILES string of the molecule is CC(C)C(=O)N(CCC#N)C(C)(C)C(=O)O. The third-order valence-electron chi connectivity index (χ3n) is 2.41. The molecule has 0 aliphatic heterocycles. The summed E-state index contributed by atoms with van der Waals surface area (Å²) in [5.41, 5.74) is -1.28. The fourth-order valence-electron chi connectivity index (χ4n) is 1.25. The molecular formula is C11H18N2O3. The van der Waals surface area contributed by atoms with Crippen LogP contribution in [0.5, 0.6) is 0 Å². The number of hydrogen-bond acceptors (Lipinski definition) is 3. The molecule has 5 nitrogen and oxygen atoms in total. The third-order valence-corrected chi connectivity index (χ3v) is 2.41. The van der Waals surface area contributed by atoms with Gasteiger partial charge in [0.1, 0.15) is 5.54 Å². The topological polar surface area (TPSA) is 81.4 Å². The lowest BCUT2D eigenvalue weighted by molar-refractivity contribution is -0.158. The number of carbonyl (C=O) groups is 2.